The largest absolute Gasteiger partial charge is 0.389 e. The first-order valence-electron chi connectivity index (χ1n) is 3.12. The van der Waals surface area contributed by atoms with Crippen molar-refractivity contribution < 1.29 is 5.11 Å². The Bertz CT molecular complexity index is 105. The molecule has 0 bridgehead atoms. The van der Waals surface area contributed by atoms with Crippen LogP contribution in [0.3, 0.4) is 0 Å². The minimum atomic E-state index is -0.360. The normalized spacial score (nSPS) is 12.7. The zero-order valence-electron chi connectivity index (χ0n) is 5.93. The van der Waals surface area contributed by atoms with E-state index in [0.29, 0.717) is 0 Å². The fourth-order valence-corrected chi connectivity index (χ4v) is 0.512. The molecule has 0 aromatic heterocycles. The van der Waals surface area contributed by atoms with E-state index < -0.39 is 0 Å². The molecule has 1 N–H and O–H groups in total. The number of aliphatic hydroxyl groups is 1. The molecular weight excluding hydrogens is 112 g/mol. The van der Waals surface area contributed by atoms with Crippen LogP contribution in [-0.4, -0.2) is 11.2 Å². The second-order valence-corrected chi connectivity index (χ2v) is 2.30. The van der Waals surface area contributed by atoms with Gasteiger partial charge in [-0.25, -0.2) is 0 Å². The van der Waals surface area contributed by atoms with E-state index >= 15 is 0 Å². The van der Waals surface area contributed by atoms with Crippen molar-refractivity contribution in [3.63, 3.8) is 0 Å². The average Bonchev–Trinajstić information content (AvgIpc) is 1.83. The van der Waals surface area contributed by atoms with E-state index in [2.05, 4.69) is 13.2 Å². The number of hydrogen-bond donors (Lipinski definition) is 1. The topological polar surface area (TPSA) is 20.2 Å². The molecule has 9 heavy (non-hydrogen) atoms. The number of allylic oxidation sites excluding steroid dienone is 1. The number of hydrogen-bond acceptors (Lipinski definition) is 1. The van der Waals surface area contributed by atoms with Crippen molar-refractivity contribution in [2.24, 2.45) is 0 Å². The third kappa shape index (κ3) is 5.31. The van der Waals surface area contributed by atoms with Crippen molar-refractivity contribution in [2.75, 3.05) is 0 Å². The first-order valence-corrected chi connectivity index (χ1v) is 3.12. The number of rotatable bonds is 4. The first kappa shape index (κ1) is 8.44. The van der Waals surface area contributed by atoms with Gasteiger partial charge in [0.25, 0.3) is 0 Å². The fourth-order valence-electron chi connectivity index (χ4n) is 0.512. The smallest absolute Gasteiger partial charge is 0.0721 e. The predicted octanol–water partition coefficient (Wildman–Crippen LogP) is 1.89. The molecule has 1 heteroatoms. The summed E-state index contributed by atoms with van der Waals surface area (Å²) in [6.45, 7) is 9.13. The standard InChI is InChI=1S/C8H14O/c1-4-8(9)6-5-7(2)3/h4,8-9H,1-2,5-6H2,3H3/t8-/m0/s1. The Balaban J connectivity index is 3.26. The van der Waals surface area contributed by atoms with Crippen LogP contribution in [0, 0.1) is 0 Å². The van der Waals surface area contributed by atoms with Gasteiger partial charge in [-0.15, -0.1) is 13.2 Å². The van der Waals surface area contributed by atoms with E-state index in [-0.39, 0.29) is 6.10 Å². The average molecular weight is 126 g/mol. The maximum absolute atomic E-state index is 8.95. The molecule has 0 amide bonds. The highest BCUT2D eigenvalue weighted by Crippen LogP contribution is 2.04. The predicted molar refractivity (Wildman–Crippen MR) is 40.3 cm³/mol. The summed E-state index contributed by atoms with van der Waals surface area (Å²) in [6, 6.07) is 0. The lowest BCUT2D eigenvalue weighted by molar-refractivity contribution is 0.213. The molecule has 0 unspecified atom stereocenters. The molecule has 0 radical (unpaired) electrons. The van der Waals surface area contributed by atoms with Gasteiger partial charge in [0.05, 0.1) is 6.10 Å². The Labute approximate surface area is 56.7 Å². The van der Waals surface area contributed by atoms with E-state index in [0.717, 1.165) is 18.4 Å². The molecule has 52 valence electrons. The summed E-state index contributed by atoms with van der Waals surface area (Å²) in [7, 11) is 0. The Morgan fingerprint density at radius 3 is 2.67 bits per heavy atom. The lowest BCUT2D eigenvalue weighted by Gasteiger charge is -2.02. The summed E-state index contributed by atoms with van der Waals surface area (Å²) in [5.41, 5.74) is 1.11. The monoisotopic (exact) mass is 126 g/mol. The lowest BCUT2D eigenvalue weighted by atomic mass is 10.1. The fraction of sp³-hybridized carbons (Fsp3) is 0.500. The molecule has 0 spiro atoms. The van der Waals surface area contributed by atoms with E-state index in [1.165, 1.54) is 0 Å². The lowest BCUT2D eigenvalue weighted by Crippen LogP contribution is -2.00. The van der Waals surface area contributed by atoms with Crippen LogP contribution < -0.4 is 0 Å². The molecule has 0 heterocycles. The second-order valence-electron chi connectivity index (χ2n) is 2.30. The van der Waals surface area contributed by atoms with Gasteiger partial charge in [-0.2, -0.15) is 0 Å². The summed E-state index contributed by atoms with van der Waals surface area (Å²) >= 11 is 0. The van der Waals surface area contributed by atoms with Crippen molar-refractivity contribution in [3.05, 3.63) is 24.8 Å². The molecule has 0 saturated carbocycles. The molecule has 0 fully saturated rings. The van der Waals surface area contributed by atoms with Crippen molar-refractivity contribution in [2.45, 2.75) is 25.9 Å². The van der Waals surface area contributed by atoms with Crippen LogP contribution in [0.4, 0.5) is 0 Å². The van der Waals surface area contributed by atoms with E-state index in [1.54, 1.807) is 6.08 Å². The van der Waals surface area contributed by atoms with Crippen LogP contribution in [0.15, 0.2) is 24.8 Å². The molecule has 1 nitrogen and oxygen atoms in total. The molecule has 0 aliphatic heterocycles. The summed E-state index contributed by atoms with van der Waals surface area (Å²) in [5.74, 6) is 0. The summed E-state index contributed by atoms with van der Waals surface area (Å²) < 4.78 is 0. The molecule has 0 aromatic carbocycles. The van der Waals surface area contributed by atoms with Gasteiger partial charge in [-0.3, -0.25) is 0 Å². The maximum atomic E-state index is 8.95. The molecule has 0 rings (SSSR count). The Hall–Kier alpha value is -0.560. The van der Waals surface area contributed by atoms with Crippen molar-refractivity contribution in [1.82, 2.24) is 0 Å². The van der Waals surface area contributed by atoms with Gasteiger partial charge in [-0.1, -0.05) is 11.6 Å². The molecular formula is C8H14O. The van der Waals surface area contributed by atoms with Crippen molar-refractivity contribution in [3.8, 4) is 0 Å². The molecule has 0 aromatic rings. The highest BCUT2D eigenvalue weighted by Gasteiger charge is 1.95. The third-order valence-corrected chi connectivity index (χ3v) is 1.14. The first-order chi connectivity index (χ1) is 4.16. The van der Waals surface area contributed by atoms with Gasteiger partial charge in [0.1, 0.15) is 0 Å². The zero-order valence-corrected chi connectivity index (χ0v) is 5.93. The molecule has 1 atom stereocenters. The Morgan fingerprint density at radius 1 is 1.78 bits per heavy atom. The van der Waals surface area contributed by atoms with Crippen LogP contribution in [-0.2, 0) is 0 Å². The molecule has 0 saturated heterocycles. The van der Waals surface area contributed by atoms with E-state index in [9.17, 15) is 0 Å². The SMILES string of the molecule is C=C[C@H](O)CCC(=C)C. The van der Waals surface area contributed by atoms with Gasteiger partial charge < -0.3 is 5.11 Å². The van der Waals surface area contributed by atoms with Crippen LogP contribution in [0.2, 0.25) is 0 Å². The van der Waals surface area contributed by atoms with Crippen LogP contribution >= 0.6 is 0 Å². The molecule has 0 aliphatic rings. The quantitative estimate of drug-likeness (QED) is 0.570. The van der Waals surface area contributed by atoms with E-state index in [4.69, 9.17) is 5.11 Å². The number of aliphatic hydroxyl groups excluding tert-OH is 1. The minimum absolute atomic E-state index is 0.360. The van der Waals surface area contributed by atoms with Gasteiger partial charge in [-0.05, 0) is 19.8 Å². The van der Waals surface area contributed by atoms with Gasteiger partial charge in [0, 0.05) is 0 Å². The highest BCUT2D eigenvalue weighted by atomic mass is 16.3. The zero-order chi connectivity index (χ0) is 7.28. The summed E-state index contributed by atoms with van der Waals surface area (Å²) in [4.78, 5) is 0. The second kappa shape index (κ2) is 4.33. The Morgan fingerprint density at radius 2 is 2.33 bits per heavy atom. The van der Waals surface area contributed by atoms with Crippen LogP contribution in [0.25, 0.3) is 0 Å². The van der Waals surface area contributed by atoms with Crippen molar-refractivity contribution in [1.29, 1.82) is 0 Å². The highest BCUT2D eigenvalue weighted by molar-refractivity contribution is 4.90. The van der Waals surface area contributed by atoms with Crippen LogP contribution in [0.1, 0.15) is 19.8 Å². The maximum Gasteiger partial charge on any atom is 0.0721 e. The summed E-state index contributed by atoms with van der Waals surface area (Å²) in [6.07, 6.45) is 2.82. The van der Waals surface area contributed by atoms with Gasteiger partial charge in [0.15, 0.2) is 0 Å². The van der Waals surface area contributed by atoms with Gasteiger partial charge >= 0.3 is 0 Å². The van der Waals surface area contributed by atoms with Gasteiger partial charge in [0.2, 0.25) is 0 Å². The minimum Gasteiger partial charge on any atom is -0.389 e. The van der Waals surface area contributed by atoms with Crippen LogP contribution in [0.5, 0.6) is 0 Å². The van der Waals surface area contributed by atoms with E-state index in [1.807, 2.05) is 6.92 Å². The third-order valence-electron chi connectivity index (χ3n) is 1.14. The summed E-state index contributed by atoms with van der Waals surface area (Å²) in [5, 5.41) is 8.95. The Kier molecular flexibility index (Phi) is 4.06. The molecule has 0 aliphatic carbocycles. The van der Waals surface area contributed by atoms with Crippen molar-refractivity contribution >= 4 is 0 Å².